The Hall–Kier alpha value is -2.90. The minimum atomic E-state index is -0.757. The quantitative estimate of drug-likeness (QED) is 0.344. The zero-order chi connectivity index (χ0) is 25.5. The van der Waals surface area contributed by atoms with Crippen molar-refractivity contribution >= 4 is 11.9 Å². The number of imide groups is 1. The van der Waals surface area contributed by atoms with E-state index in [0.717, 1.165) is 37.2 Å². The van der Waals surface area contributed by atoms with Crippen molar-refractivity contribution in [3.8, 4) is 5.75 Å². The summed E-state index contributed by atoms with van der Waals surface area (Å²) in [6.45, 7) is 5.27. The summed E-state index contributed by atoms with van der Waals surface area (Å²) in [4.78, 5) is 33.1. The molecule has 2 aromatic carbocycles. The summed E-state index contributed by atoms with van der Waals surface area (Å²) in [6, 6.07) is 18.4. The van der Waals surface area contributed by atoms with Crippen LogP contribution in [0.4, 0.5) is 4.79 Å². The van der Waals surface area contributed by atoms with Gasteiger partial charge in [0, 0.05) is 39.4 Å². The highest BCUT2D eigenvalue weighted by Gasteiger charge is 2.57. The van der Waals surface area contributed by atoms with E-state index in [9.17, 15) is 9.59 Å². The zero-order valence-electron chi connectivity index (χ0n) is 21.8. The molecular weight excluding hydrogens is 454 g/mol. The molecule has 0 aliphatic carbocycles. The third-order valence-electron chi connectivity index (χ3n) is 7.79. The van der Waals surface area contributed by atoms with Crippen molar-refractivity contribution in [3.05, 3.63) is 65.7 Å². The number of benzene rings is 2. The molecule has 1 atom stereocenters. The van der Waals surface area contributed by atoms with Gasteiger partial charge < -0.3 is 19.3 Å². The molecule has 0 N–H and O–H groups in total. The van der Waals surface area contributed by atoms with Crippen molar-refractivity contribution in [2.24, 2.45) is 0 Å². The molecule has 0 saturated carbocycles. The SMILES string of the molecule is COCCCN1C(=O)N(Cc2ccc(OC)cc2)C(=O)C12CCN([C@@H](C)CCc1ccccc1)CC2. The van der Waals surface area contributed by atoms with Gasteiger partial charge in [0.05, 0.1) is 13.7 Å². The molecule has 0 radical (unpaired) electrons. The van der Waals surface area contributed by atoms with Crippen molar-refractivity contribution in [1.29, 1.82) is 0 Å². The first-order chi connectivity index (χ1) is 17.5. The Labute approximate surface area is 215 Å². The largest absolute Gasteiger partial charge is 0.497 e. The van der Waals surface area contributed by atoms with Crippen molar-refractivity contribution in [1.82, 2.24) is 14.7 Å². The second-order valence-corrected chi connectivity index (χ2v) is 9.96. The fourth-order valence-electron chi connectivity index (χ4n) is 5.53. The highest BCUT2D eigenvalue weighted by Crippen LogP contribution is 2.39. The molecule has 4 rings (SSSR count). The first kappa shape index (κ1) is 26.2. The van der Waals surface area contributed by atoms with Gasteiger partial charge in [0.2, 0.25) is 0 Å². The van der Waals surface area contributed by atoms with Gasteiger partial charge in [-0.25, -0.2) is 4.79 Å². The lowest BCUT2D eigenvalue weighted by Gasteiger charge is -2.44. The maximum atomic E-state index is 13.8. The minimum Gasteiger partial charge on any atom is -0.497 e. The second-order valence-electron chi connectivity index (χ2n) is 9.96. The lowest BCUT2D eigenvalue weighted by Crippen LogP contribution is -2.58. The van der Waals surface area contributed by atoms with Crippen molar-refractivity contribution in [2.75, 3.05) is 40.5 Å². The van der Waals surface area contributed by atoms with Gasteiger partial charge in [0.25, 0.3) is 5.91 Å². The van der Waals surface area contributed by atoms with Crippen LogP contribution in [0.5, 0.6) is 5.75 Å². The summed E-state index contributed by atoms with van der Waals surface area (Å²) in [5, 5.41) is 0. The number of hydrogen-bond acceptors (Lipinski definition) is 5. The lowest BCUT2D eigenvalue weighted by atomic mass is 9.84. The molecule has 0 unspecified atom stereocenters. The number of ether oxygens (including phenoxy) is 2. The molecule has 2 aromatic rings. The average Bonchev–Trinajstić information content (AvgIpc) is 3.10. The number of amides is 3. The molecule has 3 amide bonds. The second kappa shape index (κ2) is 11.9. The summed E-state index contributed by atoms with van der Waals surface area (Å²) in [6.07, 6.45) is 4.16. The molecule has 7 heteroatoms. The third-order valence-corrected chi connectivity index (χ3v) is 7.79. The zero-order valence-corrected chi connectivity index (χ0v) is 21.8. The number of aryl methyl sites for hydroxylation is 1. The standard InChI is InChI=1S/C29H39N3O4/c1-23(10-11-24-8-5-4-6-9-24)30-19-16-29(17-20-30)27(33)31(28(34)32(29)18-7-21-35-2)22-25-12-14-26(36-3)15-13-25/h4-6,8-9,12-15,23H,7,10-11,16-22H2,1-3H3/t23-/m0/s1. The molecule has 2 aliphatic rings. The Morgan fingerprint density at radius 2 is 1.64 bits per heavy atom. The van der Waals surface area contributed by atoms with E-state index in [1.165, 1.54) is 10.5 Å². The number of hydrogen-bond donors (Lipinski definition) is 0. The van der Waals surface area contributed by atoms with Gasteiger partial charge in [-0.3, -0.25) is 9.69 Å². The highest BCUT2D eigenvalue weighted by atomic mass is 16.5. The van der Waals surface area contributed by atoms with Crippen LogP contribution in [0.25, 0.3) is 0 Å². The van der Waals surface area contributed by atoms with Gasteiger partial charge in [0.15, 0.2) is 0 Å². The molecule has 36 heavy (non-hydrogen) atoms. The van der Waals surface area contributed by atoms with E-state index in [1.54, 1.807) is 14.2 Å². The monoisotopic (exact) mass is 493 g/mol. The molecule has 0 aromatic heterocycles. The summed E-state index contributed by atoms with van der Waals surface area (Å²) in [5.74, 6) is 0.696. The van der Waals surface area contributed by atoms with E-state index in [0.29, 0.717) is 38.5 Å². The maximum Gasteiger partial charge on any atom is 0.327 e. The van der Waals surface area contributed by atoms with Crippen LogP contribution in [0, 0.1) is 0 Å². The minimum absolute atomic E-state index is 0.0580. The Kier molecular flexibility index (Phi) is 8.64. The van der Waals surface area contributed by atoms with Crippen LogP contribution < -0.4 is 4.74 Å². The van der Waals surface area contributed by atoms with Crippen molar-refractivity contribution < 1.29 is 19.1 Å². The van der Waals surface area contributed by atoms with E-state index in [1.807, 2.05) is 35.2 Å². The summed E-state index contributed by atoms with van der Waals surface area (Å²) >= 11 is 0. The summed E-state index contributed by atoms with van der Waals surface area (Å²) in [7, 11) is 3.29. The average molecular weight is 494 g/mol. The lowest BCUT2D eigenvalue weighted by molar-refractivity contribution is -0.136. The number of nitrogens with zero attached hydrogens (tertiary/aromatic N) is 3. The first-order valence-electron chi connectivity index (χ1n) is 13.0. The van der Waals surface area contributed by atoms with E-state index in [-0.39, 0.29) is 18.5 Å². The Balaban J connectivity index is 1.44. The van der Waals surface area contributed by atoms with E-state index < -0.39 is 5.54 Å². The van der Waals surface area contributed by atoms with Crippen LogP contribution in [-0.4, -0.2) is 78.7 Å². The molecule has 0 bridgehead atoms. The predicted molar refractivity (Wildman–Crippen MR) is 140 cm³/mol. The molecule has 2 fully saturated rings. The Bertz CT molecular complexity index is 1000. The molecule has 2 saturated heterocycles. The van der Waals surface area contributed by atoms with Crippen molar-refractivity contribution in [2.45, 2.75) is 57.2 Å². The van der Waals surface area contributed by atoms with Crippen LogP contribution in [0.3, 0.4) is 0 Å². The van der Waals surface area contributed by atoms with Crippen molar-refractivity contribution in [3.63, 3.8) is 0 Å². The Morgan fingerprint density at radius 1 is 0.944 bits per heavy atom. The smallest absolute Gasteiger partial charge is 0.327 e. The topological polar surface area (TPSA) is 62.3 Å². The highest BCUT2D eigenvalue weighted by molar-refractivity contribution is 6.07. The summed E-state index contributed by atoms with van der Waals surface area (Å²) < 4.78 is 10.5. The van der Waals surface area contributed by atoms with Crippen LogP contribution in [-0.2, 0) is 22.5 Å². The number of urea groups is 1. The number of likely N-dealkylation sites (tertiary alicyclic amines) is 1. The third kappa shape index (κ3) is 5.57. The van der Waals surface area contributed by atoms with Gasteiger partial charge in [-0.15, -0.1) is 0 Å². The normalized spacial score (nSPS) is 18.8. The van der Waals surface area contributed by atoms with Gasteiger partial charge in [-0.2, -0.15) is 0 Å². The molecule has 2 heterocycles. The number of rotatable bonds is 11. The maximum absolute atomic E-state index is 13.8. The van der Waals surface area contributed by atoms with Crippen LogP contribution in [0.15, 0.2) is 54.6 Å². The number of carbonyl (C=O) groups excluding carboxylic acids is 2. The van der Waals surface area contributed by atoms with E-state index >= 15 is 0 Å². The molecule has 194 valence electrons. The van der Waals surface area contributed by atoms with Crippen LogP contribution in [0.2, 0.25) is 0 Å². The molecule has 1 spiro atoms. The number of piperidine rings is 1. The fraction of sp³-hybridized carbons (Fsp3) is 0.517. The van der Waals surface area contributed by atoms with Gasteiger partial charge >= 0.3 is 6.03 Å². The van der Waals surface area contributed by atoms with E-state index in [4.69, 9.17) is 9.47 Å². The molecular formula is C29H39N3O4. The van der Waals surface area contributed by atoms with Crippen LogP contribution in [0.1, 0.15) is 43.7 Å². The van der Waals surface area contributed by atoms with E-state index in [2.05, 4.69) is 36.1 Å². The first-order valence-corrected chi connectivity index (χ1v) is 13.0. The predicted octanol–water partition coefficient (Wildman–Crippen LogP) is 4.35. The molecule has 7 nitrogen and oxygen atoms in total. The Morgan fingerprint density at radius 3 is 2.28 bits per heavy atom. The van der Waals surface area contributed by atoms with Crippen LogP contribution >= 0.6 is 0 Å². The van der Waals surface area contributed by atoms with Gasteiger partial charge in [-0.1, -0.05) is 42.5 Å². The van der Waals surface area contributed by atoms with Gasteiger partial charge in [-0.05, 0) is 62.3 Å². The van der Waals surface area contributed by atoms with Gasteiger partial charge in [0.1, 0.15) is 11.3 Å². The molecule has 2 aliphatic heterocycles. The number of carbonyl (C=O) groups is 2. The number of methoxy groups -OCH3 is 2. The fourth-order valence-corrected chi connectivity index (χ4v) is 5.53. The summed E-state index contributed by atoms with van der Waals surface area (Å²) in [5.41, 5.74) is 1.51.